The Morgan fingerprint density at radius 1 is 1.40 bits per heavy atom. The molecule has 0 saturated heterocycles. The highest BCUT2D eigenvalue weighted by molar-refractivity contribution is 5.59. The molecule has 0 unspecified atom stereocenters. The second kappa shape index (κ2) is 3.82. The van der Waals surface area contributed by atoms with Gasteiger partial charge in [0.05, 0.1) is 6.04 Å². The van der Waals surface area contributed by atoms with Gasteiger partial charge in [0.25, 0.3) is 0 Å². The summed E-state index contributed by atoms with van der Waals surface area (Å²) in [4.78, 5) is 0. The Morgan fingerprint density at radius 3 is 2.73 bits per heavy atom. The number of nitrogens with two attached hydrogens (primary N) is 1. The van der Waals surface area contributed by atoms with Crippen molar-refractivity contribution < 1.29 is 8.91 Å². The Bertz CT molecular complexity index is 465. The molecule has 2 aromatic rings. The van der Waals surface area contributed by atoms with Gasteiger partial charge in [-0.25, -0.2) is 4.39 Å². The van der Waals surface area contributed by atoms with Gasteiger partial charge in [-0.3, -0.25) is 0 Å². The standard InChI is InChI=1S/C11H11FN2O/c1-7(13)11-6-10(14-15-11)8-4-2-3-5-9(8)12/h2-7H,13H2,1H3/t7-/m1/s1. The quantitative estimate of drug-likeness (QED) is 0.821. The van der Waals surface area contributed by atoms with E-state index in [1.54, 1.807) is 31.2 Å². The predicted octanol–water partition coefficient (Wildman–Crippen LogP) is 2.50. The van der Waals surface area contributed by atoms with Crippen LogP contribution in [-0.2, 0) is 0 Å². The van der Waals surface area contributed by atoms with Crippen LogP contribution in [0.4, 0.5) is 4.39 Å². The van der Waals surface area contributed by atoms with Crippen LogP contribution in [0.2, 0.25) is 0 Å². The molecule has 0 bridgehead atoms. The van der Waals surface area contributed by atoms with Crippen LogP contribution < -0.4 is 5.73 Å². The maximum absolute atomic E-state index is 13.4. The van der Waals surface area contributed by atoms with E-state index >= 15 is 0 Å². The van der Waals surface area contributed by atoms with Gasteiger partial charge in [0, 0.05) is 11.6 Å². The summed E-state index contributed by atoms with van der Waals surface area (Å²) in [7, 11) is 0. The average Bonchev–Trinajstić information content (AvgIpc) is 2.67. The SMILES string of the molecule is C[C@@H](N)c1cc(-c2ccccc2F)no1. The molecule has 0 radical (unpaired) electrons. The maximum atomic E-state index is 13.4. The van der Waals surface area contributed by atoms with Crippen LogP contribution in [0.15, 0.2) is 34.9 Å². The van der Waals surface area contributed by atoms with Crippen LogP contribution >= 0.6 is 0 Å². The smallest absolute Gasteiger partial charge is 0.153 e. The number of benzene rings is 1. The fraction of sp³-hybridized carbons (Fsp3) is 0.182. The van der Waals surface area contributed by atoms with E-state index in [9.17, 15) is 4.39 Å². The molecule has 0 aliphatic rings. The third kappa shape index (κ3) is 1.89. The van der Waals surface area contributed by atoms with Gasteiger partial charge >= 0.3 is 0 Å². The van der Waals surface area contributed by atoms with Crippen molar-refractivity contribution in [3.8, 4) is 11.3 Å². The second-order valence-electron chi connectivity index (χ2n) is 3.38. The van der Waals surface area contributed by atoms with E-state index in [2.05, 4.69) is 5.16 Å². The summed E-state index contributed by atoms with van der Waals surface area (Å²) in [5, 5.41) is 3.77. The summed E-state index contributed by atoms with van der Waals surface area (Å²) >= 11 is 0. The van der Waals surface area contributed by atoms with Crippen molar-refractivity contribution in [3.63, 3.8) is 0 Å². The lowest BCUT2D eigenvalue weighted by atomic mass is 10.1. The van der Waals surface area contributed by atoms with Crippen LogP contribution in [-0.4, -0.2) is 5.16 Å². The zero-order valence-corrected chi connectivity index (χ0v) is 8.27. The summed E-state index contributed by atoms with van der Waals surface area (Å²) in [6, 6.07) is 7.83. The Balaban J connectivity index is 2.42. The number of halogens is 1. The molecule has 0 spiro atoms. The molecular weight excluding hydrogens is 195 g/mol. The first kappa shape index (κ1) is 9.86. The Hall–Kier alpha value is -1.68. The average molecular weight is 206 g/mol. The first-order valence-corrected chi connectivity index (χ1v) is 4.65. The van der Waals surface area contributed by atoms with E-state index in [0.29, 0.717) is 17.0 Å². The highest BCUT2D eigenvalue weighted by atomic mass is 19.1. The molecule has 1 aromatic carbocycles. The summed E-state index contributed by atoms with van der Waals surface area (Å²) in [6.45, 7) is 1.78. The van der Waals surface area contributed by atoms with E-state index < -0.39 is 0 Å². The first-order chi connectivity index (χ1) is 7.18. The Morgan fingerprint density at radius 2 is 2.13 bits per heavy atom. The van der Waals surface area contributed by atoms with Crippen LogP contribution in [0.25, 0.3) is 11.3 Å². The Kier molecular flexibility index (Phi) is 2.51. The van der Waals surface area contributed by atoms with Gasteiger partial charge in [0.1, 0.15) is 11.5 Å². The van der Waals surface area contributed by atoms with Crippen LogP contribution in [0.1, 0.15) is 18.7 Å². The molecule has 4 heteroatoms. The molecule has 1 heterocycles. The molecule has 0 aliphatic carbocycles. The van der Waals surface area contributed by atoms with Crippen molar-refractivity contribution in [1.82, 2.24) is 5.16 Å². The molecule has 1 atom stereocenters. The van der Waals surface area contributed by atoms with Gasteiger partial charge in [0.2, 0.25) is 0 Å². The van der Waals surface area contributed by atoms with Crippen molar-refractivity contribution in [2.45, 2.75) is 13.0 Å². The van der Waals surface area contributed by atoms with Crippen molar-refractivity contribution in [3.05, 3.63) is 41.9 Å². The van der Waals surface area contributed by atoms with Crippen LogP contribution in [0, 0.1) is 5.82 Å². The molecule has 3 nitrogen and oxygen atoms in total. The van der Waals surface area contributed by atoms with Crippen LogP contribution in [0.5, 0.6) is 0 Å². The molecule has 0 aliphatic heterocycles. The molecule has 0 saturated carbocycles. The topological polar surface area (TPSA) is 52.0 Å². The van der Waals surface area contributed by atoms with E-state index in [1.807, 2.05) is 0 Å². The van der Waals surface area contributed by atoms with Crippen molar-refractivity contribution >= 4 is 0 Å². The normalized spacial score (nSPS) is 12.7. The van der Waals surface area contributed by atoms with Crippen LogP contribution in [0.3, 0.4) is 0 Å². The zero-order valence-electron chi connectivity index (χ0n) is 8.27. The molecule has 1 aromatic heterocycles. The third-order valence-electron chi connectivity index (χ3n) is 2.13. The van der Waals surface area contributed by atoms with Crippen molar-refractivity contribution in [2.24, 2.45) is 5.73 Å². The molecule has 78 valence electrons. The molecule has 2 N–H and O–H groups in total. The van der Waals surface area contributed by atoms with Gasteiger partial charge in [-0.15, -0.1) is 0 Å². The lowest BCUT2D eigenvalue weighted by molar-refractivity contribution is 0.369. The first-order valence-electron chi connectivity index (χ1n) is 4.65. The molecular formula is C11H11FN2O. The minimum absolute atomic E-state index is 0.238. The summed E-state index contributed by atoms with van der Waals surface area (Å²) in [5.74, 6) is 0.232. The number of hydrogen-bond acceptors (Lipinski definition) is 3. The van der Waals surface area contributed by atoms with E-state index in [1.165, 1.54) is 6.07 Å². The molecule has 0 fully saturated rings. The highest BCUT2D eigenvalue weighted by Crippen LogP contribution is 2.23. The summed E-state index contributed by atoms with van der Waals surface area (Å²) in [6.07, 6.45) is 0. The maximum Gasteiger partial charge on any atom is 0.153 e. The minimum Gasteiger partial charge on any atom is -0.359 e. The third-order valence-corrected chi connectivity index (χ3v) is 2.13. The summed E-state index contributed by atoms with van der Waals surface area (Å²) in [5.41, 5.74) is 6.51. The predicted molar refractivity (Wildman–Crippen MR) is 54.5 cm³/mol. The zero-order chi connectivity index (χ0) is 10.8. The van der Waals surface area contributed by atoms with Crippen molar-refractivity contribution in [1.29, 1.82) is 0 Å². The lowest BCUT2D eigenvalue weighted by Crippen LogP contribution is -2.02. The largest absolute Gasteiger partial charge is 0.359 e. The van der Waals surface area contributed by atoms with Gasteiger partial charge < -0.3 is 10.3 Å². The number of nitrogens with zero attached hydrogens (tertiary/aromatic N) is 1. The van der Waals surface area contributed by atoms with Gasteiger partial charge in [-0.05, 0) is 19.1 Å². The number of hydrogen-bond donors (Lipinski definition) is 1. The molecule has 15 heavy (non-hydrogen) atoms. The monoisotopic (exact) mass is 206 g/mol. The van der Waals surface area contributed by atoms with E-state index in [0.717, 1.165) is 0 Å². The highest BCUT2D eigenvalue weighted by Gasteiger charge is 2.12. The van der Waals surface area contributed by atoms with Crippen molar-refractivity contribution in [2.75, 3.05) is 0 Å². The summed E-state index contributed by atoms with van der Waals surface area (Å²) < 4.78 is 18.4. The van der Waals surface area contributed by atoms with E-state index in [4.69, 9.17) is 10.3 Å². The minimum atomic E-state index is -0.318. The molecule has 2 rings (SSSR count). The number of rotatable bonds is 2. The fourth-order valence-electron chi connectivity index (χ4n) is 1.30. The Labute approximate surface area is 86.7 Å². The second-order valence-corrected chi connectivity index (χ2v) is 3.38. The van der Waals surface area contributed by atoms with Gasteiger partial charge in [0.15, 0.2) is 5.76 Å². The van der Waals surface area contributed by atoms with E-state index in [-0.39, 0.29) is 11.9 Å². The number of aromatic nitrogens is 1. The van der Waals surface area contributed by atoms with Gasteiger partial charge in [-0.2, -0.15) is 0 Å². The van der Waals surface area contributed by atoms with Gasteiger partial charge in [-0.1, -0.05) is 17.3 Å². The lowest BCUT2D eigenvalue weighted by Gasteiger charge is -1.96. The fourth-order valence-corrected chi connectivity index (χ4v) is 1.30. The molecule has 0 amide bonds.